The molecule has 0 saturated heterocycles. The molecule has 1 atom stereocenters. The van der Waals surface area contributed by atoms with E-state index in [1.807, 2.05) is 25.1 Å². The first-order valence-electron chi connectivity index (χ1n) is 12.7. The number of ketones is 1. The fourth-order valence-electron chi connectivity index (χ4n) is 4.24. The Morgan fingerprint density at radius 2 is 1.69 bits per heavy atom. The van der Waals surface area contributed by atoms with Crippen molar-refractivity contribution in [2.75, 3.05) is 6.61 Å². The number of benzene rings is 2. The van der Waals surface area contributed by atoms with Gasteiger partial charge in [0.1, 0.15) is 17.2 Å². The Balaban J connectivity index is 1.55. The number of ether oxygens (including phenoxy) is 3. The van der Waals surface area contributed by atoms with Gasteiger partial charge >= 0.3 is 5.97 Å². The van der Waals surface area contributed by atoms with Crippen molar-refractivity contribution < 1.29 is 28.9 Å². The summed E-state index contributed by atoms with van der Waals surface area (Å²) < 4.78 is 17.6. The van der Waals surface area contributed by atoms with E-state index in [4.69, 9.17) is 14.2 Å². The number of aliphatic carboxylic acids is 1. The van der Waals surface area contributed by atoms with Crippen LogP contribution in [0.5, 0.6) is 17.2 Å². The normalized spacial score (nSPS) is 15.3. The molecule has 2 aromatic carbocycles. The van der Waals surface area contributed by atoms with Crippen molar-refractivity contribution in [1.82, 2.24) is 0 Å². The van der Waals surface area contributed by atoms with E-state index in [0.717, 1.165) is 37.7 Å². The number of carboxylic acids is 1. The second-order valence-corrected chi connectivity index (χ2v) is 9.84. The Morgan fingerprint density at radius 1 is 1.03 bits per heavy atom. The molecule has 0 aliphatic heterocycles. The molecule has 1 unspecified atom stereocenters. The van der Waals surface area contributed by atoms with Crippen LogP contribution in [0.4, 0.5) is 0 Å². The molecule has 2 aromatic rings. The molecule has 1 fully saturated rings. The van der Waals surface area contributed by atoms with Gasteiger partial charge in [-0.05, 0) is 82.0 Å². The summed E-state index contributed by atoms with van der Waals surface area (Å²) >= 11 is 0. The molecule has 0 radical (unpaired) electrons. The molecular weight excluding hydrogens is 444 g/mol. The van der Waals surface area contributed by atoms with Crippen LogP contribution in [0.25, 0.3) is 0 Å². The van der Waals surface area contributed by atoms with Gasteiger partial charge in [-0.15, -0.1) is 0 Å². The van der Waals surface area contributed by atoms with Crippen LogP contribution in [0, 0.1) is 5.92 Å². The van der Waals surface area contributed by atoms with Gasteiger partial charge in [0.2, 0.25) is 0 Å². The predicted octanol–water partition coefficient (Wildman–Crippen LogP) is 6.49. The molecule has 0 aromatic heterocycles. The molecule has 1 N–H and O–H groups in total. The highest BCUT2D eigenvalue weighted by molar-refractivity contribution is 6.00. The number of carbonyl (C=O) groups is 2. The average molecular weight is 483 g/mol. The van der Waals surface area contributed by atoms with E-state index < -0.39 is 11.6 Å². The molecule has 6 nitrogen and oxygen atoms in total. The number of Topliss-reactive ketones (excluding diaryl/α,β-unsaturated/α-hetero) is 1. The summed E-state index contributed by atoms with van der Waals surface area (Å²) in [7, 11) is 0. The van der Waals surface area contributed by atoms with E-state index in [2.05, 4.69) is 6.92 Å². The lowest BCUT2D eigenvalue weighted by Crippen LogP contribution is -2.37. The number of hydrogen-bond acceptors (Lipinski definition) is 5. The van der Waals surface area contributed by atoms with E-state index >= 15 is 0 Å². The number of rotatable bonds is 12. The van der Waals surface area contributed by atoms with Crippen molar-refractivity contribution in [3.8, 4) is 17.2 Å². The summed E-state index contributed by atoms with van der Waals surface area (Å²) in [5, 5.41) is 9.19. The summed E-state index contributed by atoms with van der Waals surface area (Å²) in [6.45, 7) is 7.53. The number of aryl methyl sites for hydroxylation is 1. The lowest BCUT2D eigenvalue weighted by molar-refractivity contribution is -0.152. The first-order chi connectivity index (χ1) is 16.7. The van der Waals surface area contributed by atoms with E-state index in [9.17, 15) is 14.7 Å². The fourth-order valence-corrected chi connectivity index (χ4v) is 4.24. The minimum absolute atomic E-state index is 0.102. The highest BCUT2D eigenvalue weighted by atomic mass is 16.5. The SMILES string of the molecule is CCc1ccc(OC(C)CCOc2ccc(OC(C)(C)C(=O)O)cc2)c(C(=O)C2CCCCC2)c1. The van der Waals surface area contributed by atoms with Crippen molar-refractivity contribution in [3.05, 3.63) is 53.6 Å². The smallest absolute Gasteiger partial charge is 0.347 e. The maximum absolute atomic E-state index is 13.3. The van der Waals surface area contributed by atoms with Gasteiger partial charge in [-0.3, -0.25) is 4.79 Å². The van der Waals surface area contributed by atoms with Crippen LogP contribution in [0.3, 0.4) is 0 Å². The molecule has 1 aliphatic rings. The average Bonchev–Trinajstić information content (AvgIpc) is 2.85. The van der Waals surface area contributed by atoms with Gasteiger partial charge < -0.3 is 19.3 Å². The van der Waals surface area contributed by atoms with Crippen LogP contribution in [-0.4, -0.2) is 35.2 Å². The molecule has 190 valence electrons. The zero-order chi connectivity index (χ0) is 25.4. The Bertz CT molecular complexity index is 989. The Labute approximate surface area is 208 Å². The summed E-state index contributed by atoms with van der Waals surface area (Å²) in [6.07, 6.45) is 6.81. The third kappa shape index (κ3) is 7.48. The lowest BCUT2D eigenvalue weighted by Gasteiger charge is -2.23. The molecule has 0 heterocycles. The molecule has 35 heavy (non-hydrogen) atoms. The Hall–Kier alpha value is -3.02. The van der Waals surface area contributed by atoms with Crippen LogP contribution < -0.4 is 14.2 Å². The van der Waals surface area contributed by atoms with Gasteiger partial charge in [0.05, 0.1) is 18.3 Å². The quantitative estimate of drug-likeness (QED) is 0.348. The summed E-state index contributed by atoms with van der Waals surface area (Å²) in [5.74, 6) is 1.08. The van der Waals surface area contributed by atoms with Gasteiger partial charge in [-0.2, -0.15) is 0 Å². The van der Waals surface area contributed by atoms with Crippen molar-refractivity contribution in [1.29, 1.82) is 0 Å². The summed E-state index contributed by atoms with van der Waals surface area (Å²) in [6, 6.07) is 12.9. The third-order valence-electron chi connectivity index (χ3n) is 6.53. The number of carboxylic acid groups (broad SMARTS) is 1. The largest absolute Gasteiger partial charge is 0.493 e. The van der Waals surface area contributed by atoms with Crippen LogP contribution in [-0.2, 0) is 11.2 Å². The maximum atomic E-state index is 13.3. The Morgan fingerprint density at radius 3 is 2.31 bits per heavy atom. The highest BCUT2D eigenvalue weighted by Gasteiger charge is 2.29. The number of carbonyl (C=O) groups excluding carboxylic acids is 1. The molecule has 6 heteroatoms. The van der Waals surface area contributed by atoms with E-state index in [1.165, 1.54) is 20.3 Å². The molecule has 0 spiro atoms. The molecular formula is C29H38O6. The van der Waals surface area contributed by atoms with Crippen molar-refractivity contribution in [2.24, 2.45) is 5.92 Å². The predicted molar refractivity (Wildman–Crippen MR) is 136 cm³/mol. The lowest BCUT2D eigenvalue weighted by atomic mass is 9.83. The van der Waals surface area contributed by atoms with Crippen LogP contribution in [0.2, 0.25) is 0 Å². The third-order valence-corrected chi connectivity index (χ3v) is 6.53. The molecule has 0 bridgehead atoms. The van der Waals surface area contributed by atoms with Crippen LogP contribution in [0.15, 0.2) is 42.5 Å². The molecule has 3 rings (SSSR count). The van der Waals surface area contributed by atoms with Gasteiger partial charge in [-0.1, -0.05) is 32.3 Å². The van der Waals surface area contributed by atoms with E-state index in [0.29, 0.717) is 35.8 Å². The first-order valence-corrected chi connectivity index (χ1v) is 12.7. The summed E-state index contributed by atoms with van der Waals surface area (Å²) in [4.78, 5) is 24.5. The Kier molecular flexibility index (Phi) is 9.19. The summed E-state index contributed by atoms with van der Waals surface area (Å²) in [5.41, 5.74) is 0.553. The van der Waals surface area contributed by atoms with Crippen LogP contribution >= 0.6 is 0 Å². The van der Waals surface area contributed by atoms with Gasteiger partial charge in [0, 0.05) is 12.3 Å². The monoisotopic (exact) mass is 482 g/mol. The second-order valence-electron chi connectivity index (χ2n) is 9.84. The second kappa shape index (κ2) is 12.1. The standard InChI is InChI=1S/C29H38O6/c1-5-21-11-16-26(25(19-21)27(30)22-9-7-6-8-10-22)34-20(2)17-18-33-23-12-14-24(15-13-23)35-29(3,4)28(31)32/h11-16,19-20,22H,5-10,17-18H2,1-4H3,(H,31,32). The van der Waals surface area contributed by atoms with Crippen LogP contribution in [0.1, 0.15) is 82.1 Å². The van der Waals surface area contributed by atoms with Crippen molar-refractivity contribution in [3.63, 3.8) is 0 Å². The minimum Gasteiger partial charge on any atom is -0.493 e. The first kappa shape index (κ1) is 26.6. The molecule has 1 saturated carbocycles. The van der Waals surface area contributed by atoms with E-state index in [1.54, 1.807) is 24.3 Å². The van der Waals surface area contributed by atoms with Gasteiger partial charge in [0.15, 0.2) is 11.4 Å². The molecule has 1 aliphatic carbocycles. The van der Waals surface area contributed by atoms with E-state index in [-0.39, 0.29) is 17.8 Å². The maximum Gasteiger partial charge on any atom is 0.347 e. The van der Waals surface area contributed by atoms with Gasteiger partial charge in [0.25, 0.3) is 0 Å². The van der Waals surface area contributed by atoms with Crippen molar-refractivity contribution >= 4 is 11.8 Å². The number of hydrogen-bond donors (Lipinski definition) is 1. The van der Waals surface area contributed by atoms with Crippen molar-refractivity contribution in [2.45, 2.75) is 84.3 Å². The highest BCUT2D eigenvalue weighted by Crippen LogP contribution is 2.32. The molecule has 0 amide bonds. The zero-order valence-corrected chi connectivity index (χ0v) is 21.3. The minimum atomic E-state index is -1.30. The zero-order valence-electron chi connectivity index (χ0n) is 21.3. The fraction of sp³-hybridized carbons (Fsp3) is 0.517. The van der Waals surface area contributed by atoms with Gasteiger partial charge in [-0.25, -0.2) is 4.79 Å². The topological polar surface area (TPSA) is 82.1 Å².